The van der Waals surface area contributed by atoms with Crippen LogP contribution in [0, 0.1) is 0 Å². The van der Waals surface area contributed by atoms with E-state index in [4.69, 9.17) is 18.0 Å². The van der Waals surface area contributed by atoms with E-state index in [2.05, 4.69) is 43.9 Å². The molecule has 0 atom stereocenters. The lowest BCUT2D eigenvalue weighted by Crippen LogP contribution is -2.43. The summed E-state index contributed by atoms with van der Waals surface area (Å²) in [4.78, 5) is 4.14. The quantitative estimate of drug-likeness (QED) is 0.672. The molecule has 0 aromatic heterocycles. The monoisotopic (exact) mass is 326 g/mol. The molecule has 0 unspecified atom stereocenters. The topological polar surface area (TPSA) is 29.3 Å². The van der Waals surface area contributed by atoms with Crippen LogP contribution >= 0.6 is 35.7 Å². The van der Waals surface area contributed by atoms with E-state index in [0.29, 0.717) is 4.99 Å². The number of hydrogen-bond acceptors (Lipinski definition) is 4. The van der Waals surface area contributed by atoms with Gasteiger partial charge in [-0.3, -0.25) is 0 Å². The maximum absolute atomic E-state index is 6.01. The van der Waals surface area contributed by atoms with Crippen molar-refractivity contribution < 1.29 is 0 Å². The largest absolute Gasteiger partial charge is 0.389 e. The fraction of sp³-hybridized carbons (Fsp3) is 0.533. The summed E-state index contributed by atoms with van der Waals surface area (Å²) in [6.45, 7) is 8.85. The van der Waals surface area contributed by atoms with Gasteiger partial charge in [-0.15, -0.1) is 11.8 Å². The molecule has 1 saturated heterocycles. The Bertz CT molecular complexity index is 500. The van der Waals surface area contributed by atoms with Crippen molar-refractivity contribution in [2.75, 3.05) is 29.5 Å². The van der Waals surface area contributed by atoms with Crippen molar-refractivity contribution in [1.29, 1.82) is 0 Å². The van der Waals surface area contributed by atoms with Crippen LogP contribution in [0.15, 0.2) is 23.1 Å². The van der Waals surface area contributed by atoms with Gasteiger partial charge in [-0.1, -0.05) is 25.2 Å². The second-order valence-electron chi connectivity index (χ2n) is 5.48. The zero-order valence-corrected chi connectivity index (χ0v) is 14.8. The van der Waals surface area contributed by atoms with Gasteiger partial charge in [0, 0.05) is 39.7 Å². The lowest BCUT2D eigenvalue weighted by molar-refractivity contribution is 0.647. The first-order valence-electron chi connectivity index (χ1n) is 6.89. The van der Waals surface area contributed by atoms with Crippen molar-refractivity contribution in [2.24, 2.45) is 5.73 Å². The van der Waals surface area contributed by atoms with Crippen molar-refractivity contribution in [3.05, 3.63) is 23.8 Å². The Labute approximate surface area is 135 Å². The molecule has 1 aromatic rings. The number of nitrogens with two attached hydrogens (primary N) is 1. The van der Waals surface area contributed by atoms with E-state index in [0.717, 1.165) is 30.2 Å². The Morgan fingerprint density at radius 3 is 2.85 bits per heavy atom. The second-order valence-corrected chi connectivity index (χ2v) is 9.03. The van der Waals surface area contributed by atoms with Gasteiger partial charge in [-0.05, 0) is 31.7 Å². The molecule has 0 spiro atoms. The van der Waals surface area contributed by atoms with Gasteiger partial charge in [0.2, 0.25) is 0 Å². The predicted molar refractivity (Wildman–Crippen MR) is 97.5 cm³/mol. The predicted octanol–water partition coefficient (Wildman–Crippen LogP) is 3.76. The summed E-state index contributed by atoms with van der Waals surface area (Å²) in [5, 5.41) is 0. The van der Waals surface area contributed by atoms with Crippen molar-refractivity contribution in [3.8, 4) is 0 Å². The van der Waals surface area contributed by atoms with Crippen LogP contribution in [0.2, 0.25) is 0 Å². The number of anilines is 1. The molecular formula is C15H22N2S3. The third-order valence-electron chi connectivity index (χ3n) is 3.32. The van der Waals surface area contributed by atoms with Crippen LogP contribution in [-0.4, -0.2) is 34.3 Å². The highest BCUT2D eigenvalue weighted by atomic mass is 32.2. The fourth-order valence-electron chi connectivity index (χ4n) is 2.53. The molecule has 2 rings (SSSR count). The molecule has 2 N–H and O–H groups in total. The standard InChI is InChI=1S/C15H22N2S3/c1-4-19-12-7-5-6-11(13(12)14(16)18)17-8-9-20-15(2,3)10-17/h5-7H,4,8-10H2,1-3H3,(H2,16,18). The van der Waals surface area contributed by atoms with Gasteiger partial charge in [-0.2, -0.15) is 11.8 Å². The molecule has 1 aliphatic rings. The maximum atomic E-state index is 6.01. The van der Waals surface area contributed by atoms with Crippen LogP contribution in [0.4, 0.5) is 5.69 Å². The van der Waals surface area contributed by atoms with Gasteiger partial charge in [-0.25, -0.2) is 0 Å². The van der Waals surface area contributed by atoms with Crippen molar-refractivity contribution >= 4 is 46.4 Å². The van der Waals surface area contributed by atoms with E-state index in [1.54, 1.807) is 0 Å². The highest BCUT2D eigenvalue weighted by Crippen LogP contribution is 2.36. The summed E-state index contributed by atoms with van der Waals surface area (Å²) in [6, 6.07) is 6.39. The minimum absolute atomic E-state index is 0.277. The van der Waals surface area contributed by atoms with Gasteiger partial charge in [0.15, 0.2) is 0 Å². The number of nitrogens with zero attached hydrogens (tertiary/aromatic N) is 1. The first-order chi connectivity index (χ1) is 9.44. The zero-order chi connectivity index (χ0) is 14.8. The van der Waals surface area contributed by atoms with E-state index in [1.165, 1.54) is 10.6 Å². The average molecular weight is 327 g/mol. The number of hydrogen-bond donors (Lipinski definition) is 1. The normalized spacial score (nSPS) is 18.1. The second kappa shape index (κ2) is 6.58. The highest BCUT2D eigenvalue weighted by Gasteiger charge is 2.29. The van der Waals surface area contributed by atoms with Gasteiger partial charge >= 0.3 is 0 Å². The zero-order valence-electron chi connectivity index (χ0n) is 12.3. The SMILES string of the molecule is CCSc1cccc(N2CCSC(C)(C)C2)c1C(N)=S. The number of thioether (sulfide) groups is 2. The third kappa shape index (κ3) is 3.62. The summed E-state index contributed by atoms with van der Waals surface area (Å²) in [7, 11) is 0. The van der Waals surface area contributed by atoms with E-state index >= 15 is 0 Å². The first kappa shape index (κ1) is 16.0. The van der Waals surface area contributed by atoms with Crippen molar-refractivity contribution in [2.45, 2.75) is 30.4 Å². The molecule has 5 heteroatoms. The van der Waals surface area contributed by atoms with Gasteiger partial charge < -0.3 is 10.6 Å². The molecule has 1 aliphatic heterocycles. The van der Waals surface area contributed by atoms with Crippen LogP contribution in [0.1, 0.15) is 26.3 Å². The molecule has 0 radical (unpaired) electrons. The van der Waals surface area contributed by atoms with Crippen LogP contribution in [0.3, 0.4) is 0 Å². The minimum Gasteiger partial charge on any atom is -0.389 e. The molecule has 0 bridgehead atoms. The van der Waals surface area contributed by atoms with Crippen LogP contribution in [0.25, 0.3) is 0 Å². The minimum atomic E-state index is 0.277. The third-order valence-corrected chi connectivity index (χ3v) is 5.76. The summed E-state index contributed by atoms with van der Waals surface area (Å²) in [6.07, 6.45) is 0. The van der Waals surface area contributed by atoms with Crippen molar-refractivity contribution in [3.63, 3.8) is 0 Å². The summed E-state index contributed by atoms with van der Waals surface area (Å²) in [5.74, 6) is 2.18. The van der Waals surface area contributed by atoms with E-state index in [-0.39, 0.29) is 4.75 Å². The Hall–Kier alpha value is -0.390. The van der Waals surface area contributed by atoms with E-state index < -0.39 is 0 Å². The molecule has 0 aliphatic carbocycles. The summed E-state index contributed by atoms with van der Waals surface area (Å²) < 4.78 is 0.277. The molecule has 2 nitrogen and oxygen atoms in total. The summed E-state index contributed by atoms with van der Waals surface area (Å²) >= 11 is 9.16. The van der Waals surface area contributed by atoms with Crippen LogP contribution < -0.4 is 10.6 Å². The lowest BCUT2D eigenvalue weighted by Gasteiger charge is -2.40. The molecule has 1 heterocycles. The number of thiocarbonyl (C=S) groups is 1. The molecule has 20 heavy (non-hydrogen) atoms. The summed E-state index contributed by atoms with van der Waals surface area (Å²) in [5.41, 5.74) is 8.26. The Morgan fingerprint density at radius 2 is 2.25 bits per heavy atom. The Morgan fingerprint density at radius 1 is 1.50 bits per heavy atom. The van der Waals surface area contributed by atoms with Gasteiger partial charge in [0.05, 0.1) is 0 Å². The highest BCUT2D eigenvalue weighted by molar-refractivity contribution is 8.00. The molecular weight excluding hydrogens is 304 g/mol. The Balaban J connectivity index is 2.40. The van der Waals surface area contributed by atoms with Crippen molar-refractivity contribution in [1.82, 2.24) is 0 Å². The Kier molecular flexibility index (Phi) is 5.26. The average Bonchev–Trinajstić information content (AvgIpc) is 2.37. The first-order valence-corrected chi connectivity index (χ1v) is 9.27. The molecule has 0 saturated carbocycles. The lowest BCUT2D eigenvalue weighted by atomic mass is 10.1. The molecule has 1 aromatic carbocycles. The smallest absolute Gasteiger partial charge is 0.107 e. The molecule has 110 valence electrons. The number of benzene rings is 1. The van der Waals surface area contributed by atoms with E-state index in [1.807, 2.05) is 23.5 Å². The maximum Gasteiger partial charge on any atom is 0.107 e. The fourth-order valence-corrected chi connectivity index (χ4v) is 4.76. The van der Waals surface area contributed by atoms with E-state index in [9.17, 15) is 0 Å². The van der Waals surface area contributed by atoms with Gasteiger partial charge in [0.25, 0.3) is 0 Å². The van der Waals surface area contributed by atoms with Gasteiger partial charge in [0.1, 0.15) is 4.99 Å². The van der Waals surface area contributed by atoms with Crippen LogP contribution in [-0.2, 0) is 0 Å². The molecule has 0 amide bonds. The molecule has 1 fully saturated rings. The van der Waals surface area contributed by atoms with Crippen LogP contribution in [0.5, 0.6) is 0 Å². The number of rotatable bonds is 4.